The van der Waals surface area contributed by atoms with E-state index in [9.17, 15) is 4.79 Å². The Kier molecular flexibility index (Phi) is 7.14. The van der Waals surface area contributed by atoms with Crippen LogP contribution in [0.15, 0.2) is 83.5 Å². The molecule has 0 spiro atoms. The third kappa shape index (κ3) is 5.84. The normalized spacial score (nSPS) is 12.1. The Labute approximate surface area is 209 Å². The van der Waals surface area contributed by atoms with Crippen molar-refractivity contribution in [2.24, 2.45) is 0 Å². The third-order valence-electron chi connectivity index (χ3n) is 5.82. The van der Waals surface area contributed by atoms with Gasteiger partial charge in [0, 0.05) is 19.6 Å². The molecule has 0 aliphatic carbocycles. The van der Waals surface area contributed by atoms with Crippen molar-refractivity contribution < 1.29 is 23.4 Å². The van der Waals surface area contributed by atoms with Crippen molar-refractivity contribution in [1.29, 1.82) is 0 Å². The van der Waals surface area contributed by atoms with E-state index in [2.05, 4.69) is 15.2 Å². The summed E-state index contributed by atoms with van der Waals surface area (Å²) in [7, 11) is 1.65. The Bertz CT molecular complexity index is 1320. The van der Waals surface area contributed by atoms with Gasteiger partial charge in [-0.05, 0) is 41.0 Å². The molecule has 0 unspecified atom stereocenters. The topological polar surface area (TPSA) is 86.1 Å². The lowest BCUT2D eigenvalue weighted by Crippen LogP contribution is -2.24. The number of carbonyl (C=O) groups excluding carboxylic acids is 1. The smallest absolute Gasteiger partial charge is 0.273 e. The van der Waals surface area contributed by atoms with Gasteiger partial charge in [-0.3, -0.25) is 9.69 Å². The van der Waals surface area contributed by atoms with Crippen LogP contribution in [-0.2, 0) is 26.2 Å². The second-order valence-electron chi connectivity index (χ2n) is 8.48. The molecule has 4 aromatic rings. The number of amides is 1. The average molecular weight is 486 g/mol. The van der Waals surface area contributed by atoms with Crippen molar-refractivity contribution >= 4 is 5.91 Å². The predicted octanol–water partition coefficient (Wildman–Crippen LogP) is 4.54. The fourth-order valence-electron chi connectivity index (χ4n) is 4.04. The molecule has 0 bridgehead atoms. The summed E-state index contributed by atoms with van der Waals surface area (Å²) in [6.45, 7) is 2.32. The number of rotatable bonds is 10. The number of methoxy groups -OCH3 is 1. The van der Waals surface area contributed by atoms with Gasteiger partial charge in [-0.1, -0.05) is 48.5 Å². The Morgan fingerprint density at radius 3 is 2.53 bits per heavy atom. The van der Waals surface area contributed by atoms with Crippen LogP contribution in [0.25, 0.3) is 0 Å². The number of oxazole rings is 1. The van der Waals surface area contributed by atoms with E-state index in [0.29, 0.717) is 32.1 Å². The second kappa shape index (κ2) is 11.0. The third-order valence-corrected chi connectivity index (χ3v) is 5.82. The number of nitrogens with zero attached hydrogens (tertiary/aromatic N) is 2. The molecule has 2 heterocycles. The van der Waals surface area contributed by atoms with Gasteiger partial charge in [0.1, 0.15) is 12.0 Å². The highest BCUT2D eigenvalue weighted by molar-refractivity contribution is 5.91. The minimum absolute atomic E-state index is 0.234. The summed E-state index contributed by atoms with van der Waals surface area (Å²) in [5.74, 6) is 2.47. The van der Waals surface area contributed by atoms with Gasteiger partial charge < -0.3 is 23.9 Å². The number of fused-ring (bicyclic) bond motifs is 1. The van der Waals surface area contributed by atoms with Gasteiger partial charge in [0.25, 0.3) is 5.91 Å². The van der Waals surface area contributed by atoms with Crippen molar-refractivity contribution in [3.05, 3.63) is 107 Å². The van der Waals surface area contributed by atoms with Crippen LogP contribution in [0.3, 0.4) is 0 Å². The van der Waals surface area contributed by atoms with E-state index in [-0.39, 0.29) is 18.4 Å². The molecule has 0 saturated heterocycles. The quantitative estimate of drug-likeness (QED) is 0.353. The highest BCUT2D eigenvalue weighted by atomic mass is 16.7. The molecule has 8 nitrogen and oxygen atoms in total. The summed E-state index contributed by atoms with van der Waals surface area (Å²) in [5, 5.41) is 2.88. The SMILES string of the molecule is COc1cccc(CN(Cc2ccc3c(c2)OCO3)Cc2nc(C(=O)NCc3ccccc3)co2)c1. The summed E-state index contributed by atoms with van der Waals surface area (Å²) < 4.78 is 22.0. The standard InChI is InChI=1S/C28H27N3O5/c1-33-23-9-5-8-21(12-23)15-31(16-22-10-11-25-26(13-22)36-19-35-25)17-27-30-24(18-34-27)28(32)29-14-20-6-3-2-4-7-20/h2-13,18H,14-17,19H2,1H3,(H,29,32). The van der Waals surface area contributed by atoms with E-state index < -0.39 is 0 Å². The number of hydrogen-bond acceptors (Lipinski definition) is 7. The Balaban J connectivity index is 1.29. The van der Waals surface area contributed by atoms with Gasteiger partial charge in [0.2, 0.25) is 12.7 Å². The summed E-state index contributed by atoms with van der Waals surface area (Å²) in [5.41, 5.74) is 3.42. The van der Waals surface area contributed by atoms with Crippen LogP contribution in [0.4, 0.5) is 0 Å². The lowest BCUT2D eigenvalue weighted by Gasteiger charge is -2.21. The van der Waals surface area contributed by atoms with Crippen LogP contribution in [-0.4, -0.2) is 29.7 Å². The van der Waals surface area contributed by atoms with Gasteiger partial charge in [-0.2, -0.15) is 0 Å². The largest absolute Gasteiger partial charge is 0.497 e. The van der Waals surface area contributed by atoms with Gasteiger partial charge in [-0.15, -0.1) is 0 Å². The number of aromatic nitrogens is 1. The van der Waals surface area contributed by atoms with Crippen LogP contribution >= 0.6 is 0 Å². The van der Waals surface area contributed by atoms with Crippen LogP contribution in [0, 0.1) is 0 Å². The van der Waals surface area contributed by atoms with E-state index in [0.717, 1.165) is 33.9 Å². The first-order chi connectivity index (χ1) is 17.7. The molecule has 36 heavy (non-hydrogen) atoms. The summed E-state index contributed by atoms with van der Waals surface area (Å²) in [6.07, 6.45) is 1.40. The van der Waals surface area contributed by atoms with Crippen molar-refractivity contribution in [1.82, 2.24) is 15.2 Å². The summed E-state index contributed by atoms with van der Waals surface area (Å²) in [4.78, 5) is 19.2. The van der Waals surface area contributed by atoms with Crippen molar-refractivity contribution in [3.8, 4) is 17.2 Å². The van der Waals surface area contributed by atoms with Gasteiger partial charge >= 0.3 is 0 Å². The van der Waals surface area contributed by atoms with Crippen LogP contribution in [0.5, 0.6) is 17.2 Å². The van der Waals surface area contributed by atoms with E-state index in [1.165, 1.54) is 6.26 Å². The summed E-state index contributed by atoms with van der Waals surface area (Å²) in [6, 6.07) is 23.6. The lowest BCUT2D eigenvalue weighted by molar-refractivity contribution is 0.0945. The highest BCUT2D eigenvalue weighted by Gasteiger charge is 2.18. The molecule has 184 valence electrons. The minimum atomic E-state index is -0.274. The maximum atomic E-state index is 12.6. The molecule has 1 aromatic heterocycles. The molecule has 1 N–H and O–H groups in total. The second-order valence-corrected chi connectivity index (χ2v) is 8.48. The van der Waals surface area contributed by atoms with E-state index in [1.54, 1.807) is 7.11 Å². The number of nitrogens with one attached hydrogen (secondary N) is 1. The molecule has 1 aliphatic heterocycles. The van der Waals surface area contributed by atoms with E-state index in [1.807, 2.05) is 72.8 Å². The Morgan fingerprint density at radius 2 is 1.69 bits per heavy atom. The van der Waals surface area contributed by atoms with Gasteiger partial charge in [0.15, 0.2) is 17.2 Å². The lowest BCUT2D eigenvalue weighted by atomic mass is 10.1. The highest BCUT2D eigenvalue weighted by Crippen LogP contribution is 2.33. The fraction of sp³-hybridized carbons (Fsp3) is 0.214. The fourth-order valence-corrected chi connectivity index (χ4v) is 4.04. The maximum Gasteiger partial charge on any atom is 0.273 e. The van der Waals surface area contributed by atoms with Crippen molar-refractivity contribution in [2.75, 3.05) is 13.9 Å². The zero-order valence-electron chi connectivity index (χ0n) is 20.0. The zero-order valence-corrected chi connectivity index (χ0v) is 20.0. The predicted molar refractivity (Wildman–Crippen MR) is 133 cm³/mol. The van der Waals surface area contributed by atoms with Crippen molar-refractivity contribution in [3.63, 3.8) is 0 Å². The van der Waals surface area contributed by atoms with E-state index >= 15 is 0 Å². The molecule has 5 rings (SSSR count). The number of ether oxygens (including phenoxy) is 3. The summed E-state index contributed by atoms with van der Waals surface area (Å²) >= 11 is 0. The van der Waals surface area contributed by atoms with Gasteiger partial charge in [0.05, 0.1) is 13.7 Å². The molecular formula is C28H27N3O5. The van der Waals surface area contributed by atoms with Crippen molar-refractivity contribution in [2.45, 2.75) is 26.2 Å². The van der Waals surface area contributed by atoms with Gasteiger partial charge in [-0.25, -0.2) is 4.98 Å². The molecule has 3 aromatic carbocycles. The first kappa shape index (κ1) is 23.4. The Hall–Kier alpha value is -4.30. The van der Waals surface area contributed by atoms with Crippen LogP contribution in [0.1, 0.15) is 33.1 Å². The van der Waals surface area contributed by atoms with Crippen LogP contribution < -0.4 is 19.5 Å². The van der Waals surface area contributed by atoms with E-state index in [4.69, 9.17) is 18.6 Å². The molecule has 0 saturated carbocycles. The molecule has 1 aliphatic rings. The molecule has 1 amide bonds. The molecule has 0 atom stereocenters. The minimum Gasteiger partial charge on any atom is -0.497 e. The number of carbonyl (C=O) groups is 1. The number of hydrogen-bond donors (Lipinski definition) is 1. The molecule has 0 fully saturated rings. The monoisotopic (exact) mass is 485 g/mol. The van der Waals surface area contributed by atoms with Crippen LogP contribution in [0.2, 0.25) is 0 Å². The number of benzene rings is 3. The average Bonchev–Trinajstić information content (AvgIpc) is 3.57. The maximum absolute atomic E-state index is 12.6. The molecule has 8 heteroatoms. The Morgan fingerprint density at radius 1 is 0.917 bits per heavy atom. The first-order valence-electron chi connectivity index (χ1n) is 11.7. The molecular weight excluding hydrogens is 458 g/mol. The molecule has 0 radical (unpaired) electrons. The first-order valence-corrected chi connectivity index (χ1v) is 11.7. The zero-order chi connectivity index (χ0) is 24.7.